The summed E-state index contributed by atoms with van der Waals surface area (Å²) in [4.78, 5) is 95.2. The van der Waals surface area contributed by atoms with Crippen molar-refractivity contribution in [3.05, 3.63) is 143 Å². The maximum absolute atomic E-state index is 14.1. The molecule has 19 nitrogen and oxygen atoms in total. The maximum Gasteiger partial charge on any atom is 0.404 e. The molecule has 0 saturated carbocycles. The Bertz CT molecular complexity index is 2560. The summed E-state index contributed by atoms with van der Waals surface area (Å²) in [5.41, 5.74) is 14.2. The predicted octanol–water partition coefficient (Wildman–Crippen LogP) is 3.03. The molecule has 7 N–H and O–H groups in total. The molecule has 7 amide bonds. The van der Waals surface area contributed by atoms with Crippen molar-refractivity contribution in [2.45, 2.75) is 42.3 Å². The average Bonchev–Trinajstić information content (AvgIpc) is 3.29. The Morgan fingerprint density at radius 1 is 0.846 bits per heavy atom. The van der Waals surface area contributed by atoms with Crippen LogP contribution in [0.5, 0.6) is 0 Å². The molecule has 2 saturated heterocycles. The number of rotatable bonds is 12. The van der Waals surface area contributed by atoms with Crippen LogP contribution in [0.3, 0.4) is 0 Å². The Labute approximate surface area is 377 Å². The largest absolute Gasteiger partial charge is 0.448 e. The number of urea groups is 1. The van der Waals surface area contributed by atoms with Crippen LogP contribution in [-0.4, -0.2) is 113 Å². The van der Waals surface area contributed by atoms with Crippen LogP contribution >= 0.6 is 11.8 Å². The van der Waals surface area contributed by atoms with Crippen molar-refractivity contribution in [3.8, 4) is 0 Å². The van der Waals surface area contributed by atoms with Crippen LogP contribution in [0.1, 0.15) is 41.3 Å². The molecule has 4 aromatic rings. The second-order valence-electron chi connectivity index (χ2n) is 14.7. The van der Waals surface area contributed by atoms with Crippen molar-refractivity contribution in [2.24, 2.45) is 5.73 Å². The fourth-order valence-electron chi connectivity index (χ4n) is 7.00. The van der Waals surface area contributed by atoms with Gasteiger partial charge in [-0.05, 0) is 54.8 Å². The summed E-state index contributed by atoms with van der Waals surface area (Å²) < 4.78 is 40.7. The topological polar surface area (TPSA) is 278 Å². The van der Waals surface area contributed by atoms with E-state index in [-0.39, 0.29) is 53.7 Å². The normalized spacial score (nSPS) is 17.5. The second-order valence-corrected chi connectivity index (χ2v) is 17.3. The highest BCUT2D eigenvalue weighted by Crippen LogP contribution is 2.42. The number of ether oxygens (including phenoxy) is 2. The molecule has 3 aliphatic rings. The van der Waals surface area contributed by atoms with Crippen LogP contribution < -0.4 is 22.1 Å². The van der Waals surface area contributed by atoms with E-state index in [9.17, 15) is 42.0 Å². The first kappa shape index (κ1) is 47.3. The number of benzene rings is 4. The fourth-order valence-corrected chi connectivity index (χ4v) is 8.80. The van der Waals surface area contributed by atoms with Crippen molar-refractivity contribution in [1.29, 1.82) is 0 Å². The van der Waals surface area contributed by atoms with E-state index in [4.69, 9.17) is 25.5 Å². The van der Waals surface area contributed by atoms with E-state index >= 15 is 0 Å². The number of fused-ring (bicyclic) bond motifs is 1. The number of piperazine rings is 1. The summed E-state index contributed by atoms with van der Waals surface area (Å²) in [6, 6.07) is 26.5. The van der Waals surface area contributed by atoms with E-state index in [2.05, 4.69) is 10.6 Å². The van der Waals surface area contributed by atoms with Crippen LogP contribution in [-0.2, 0) is 43.6 Å². The first-order valence-electron chi connectivity index (χ1n) is 20.0. The van der Waals surface area contributed by atoms with Crippen LogP contribution in [0.4, 0.5) is 15.3 Å². The molecule has 0 bridgehead atoms. The number of β-lactam (4-membered cyclic amide) rings is 1. The summed E-state index contributed by atoms with van der Waals surface area (Å²) in [6.45, 7) is 3.49. The SMILES string of the molecule is CCN1CCN(C(=O)N[C@H](C(=O)N[C@@H]2C(=O)N3C(C(=O)OC(c4ccccc4)c4ccccc4)=C(COC(N)=O)CS[C@@H]23)c2ccc(N)cc2)C(=O)C1=O.Cc1ccc(S(=O)(=O)O)cc1. The van der Waals surface area contributed by atoms with E-state index in [1.165, 1.54) is 58.0 Å². The second kappa shape index (κ2) is 20.5. The lowest BCUT2D eigenvalue weighted by Crippen LogP contribution is -2.71. The number of nitrogens with two attached hydrogens (primary N) is 2. The molecule has 3 heterocycles. The lowest BCUT2D eigenvalue weighted by atomic mass is 10.00. The van der Waals surface area contributed by atoms with Gasteiger partial charge < -0.3 is 36.5 Å². The number of nitrogen functional groups attached to an aromatic ring is 1. The highest BCUT2D eigenvalue weighted by atomic mass is 32.2. The number of nitrogens with zero attached hydrogens (tertiary/aromatic N) is 3. The lowest BCUT2D eigenvalue weighted by molar-refractivity contribution is -0.155. The molecule has 340 valence electrons. The van der Waals surface area contributed by atoms with Crippen molar-refractivity contribution in [2.75, 3.05) is 37.7 Å². The number of hydrogen-bond acceptors (Lipinski definition) is 13. The van der Waals surface area contributed by atoms with Gasteiger partial charge in [-0.1, -0.05) is 90.5 Å². The molecule has 0 unspecified atom stereocenters. The maximum atomic E-state index is 14.1. The molecule has 4 aromatic carbocycles. The molecule has 0 radical (unpaired) electrons. The number of hydrogen-bond donors (Lipinski definition) is 5. The zero-order valence-corrected chi connectivity index (χ0v) is 36.6. The van der Waals surface area contributed by atoms with Gasteiger partial charge >= 0.3 is 29.9 Å². The zero-order chi connectivity index (χ0) is 47.0. The van der Waals surface area contributed by atoms with Crippen molar-refractivity contribution >= 4 is 69.3 Å². The van der Waals surface area contributed by atoms with Gasteiger partial charge in [0.25, 0.3) is 16.0 Å². The summed E-state index contributed by atoms with van der Waals surface area (Å²) in [5.74, 6) is -4.11. The van der Waals surface area contributed by atoms with Crippen LogP contribution in [0.15, 0.2) is 125 Å². The molecule has 3 aliphatic heterocycles. The first-order valence-corrected chi connectivity index (χ1v) is 22.5. The molecule has 0 aromatic heterocycles. The number of aryl methyl sites for hydroxylation is 1. The van der Waals surface area contributed by atoms with Gasteiger partial charge in [0.15, 0.2) is 6.10 Å². The van der Waals surface area contributed by atoms with Gasteiger partial charge in [-0.15, -0.1) is 11.8 Å². The van der Waals surface area contributed by atoms with Gasteiger partial charge in [-0.25, -0.2) is 14.4 Å². The Kier molecular flexibility index (Phi) is 14.9. The number of nitrogens with one attached hydrogen (secondary N) is 2. The van der Waals surface area contributed by atoms with Gasteiger partial charge in [0.1, 0.15) is 29.8 Å². The third kappa shape index (κ3) is 11.1. The Morgan fingerprint density at radius 3 is 2.00 bits per heavy atom. The van der Waals surface area contributed by atoms with E-state index in [1.54, 1.807) is 67.6 Å². The third-order valence-corrected chi connectivity index (χ3v) is 12.6. The van der Waals surface area contributed by atoms with Gasteiger partial charge in [0.2, 0.25) is 5.91 Å². The highest BCUT2D eigenvalue weighted by Gasteiger charge is 2.55. The minimum Gasteiger partial charge on any atom is -0.448 e. The molecule has 2 fully saturated rings. The summed E-state index contributed by atoms with van der Waals surface area (Å²) in [7, 11) is -4.02. The number of esters is 1. The van der Waals surface area contributed by atoms with Crippen LogP contribution in [0, 0.1) is 6.92 Å². The van der Waals surface area contributed by atoms with Crippen LogP contribution in [0.25, 0.3) is 0 Å². The van der Waals surface area contributed by atoms with Crippen molar-refractivity contribution < 1.29 is 56.0 Å². The van der Waals surface area contributed by atoms with Crippen LogP contribution in [0.2, 0.25) is 0 Å². The van der Waals surface area contributed by atoms with Gasteiger partial charge in [0, 0.05) is 36.6 Å². The van der Waals surface area contributed by atoms with Gasteiger partial charge in [-0.3, -0.25) is 33.5 Å². The molecular weight excluding hydrogens is 883 g/mol. The molecule has 0 spiro atoms. The first-order chi connectivity index (χ1) is 31.0. The minimum absolute atomic E-state index is 0.0666. The standard InChI is InChI=1S/C37H37N7O9S.C7H8O3S/c1-2-42-17-18-43(33(48)32(42)47)37(51)41-26(21-13-15-25(38)16-14-21)30(45)40-27-31(46)44-28(24(19-52-36(39)50)20-54-34(27)44)35(49)53-29(22-9-5-3-6-10-22)23-11-7-4-8-12-23;1-6-2-4-7(5-3-6)11(8,9)10/h3-16,26-27,29,34H,2,17-20,38H2,1H3,(H2,39,50)(H,40,45)(H,41,51);2-5H,1H3,(H,8,9,10)/t26-,27+,34-;/m0./s1. The average molecular weight is 928 g/mol. The smallest absolute Gasteiger partial charge is 0.404 e. The minimum atomic E-state index is -4.02. The molecule has 7 rings (SSSR count). The Morgan fingerprint density at radius 2 is 1.45 bits per heavy atom. The summed E-state index contributed by atoms with van der Waals surface area (Å²) in [5, 5.41) is 4.42. The van der Waals surface area contributed by atoms with E-state index in [1.807, 2.05) is 19.1 Å². The summed E-state index contributed by atoms with van der Waals surface area (Å²) >= 11 is 1.20. The monoisotopic (exact) mass is 927 g/mol. The number of carbonyl (C=O) groups is 7. The van der Waals surface area contributed by atoms with E-state index < -0.39 is 75.4 Å². The highest BCUT2D eigenvalue weighted by molar-refractivity contribution is 8.00. The third-order valence-electron chi connectivity index (χ3n) is 10.4. The number of primary amides is 1. The van der Waals surface area contributed by atoms with E-state index in [0.29, 0.717) is 16.8 Å². The predicted molar refractivity (Wildman–Crippen MR) is 235 cm³/mol. The number of imide groups is 1. The fraction of sp³-hybridized carbons (Fsp3) is 0.250. The quantitative estimate of drug-likeness (QED) is 0.0449. The lowest BCUT2D eigenvalue weighted by Gasteiger charge is -2.50. The number of amides is 7. The Balaban J connectivity index is 0.000000557. The molecular formula is C44H45N7O12S2. The summed E-state index contributed by atoms with van der Waals surface area (Å²) in [6.07, 6.45) is -1.94. The van der Waals surface area contributed by atoms with Gasteiger partial charge in [0.05, 0.1) is 4.90 Å². The molecule has 65 heavy (non-hydrogen) atoms. The molecule has 0 aliphatic carbocycles. The number of anilines is 1. The number of likely N-dealkylation sites (N-methyl/N-ethyl adjacent to an activating group) is 1. The Hall–Kier alpha value is -7.23. The van der Waals surface area contributed by atoms with E-state index in [0.717, 1.165) is 10.5 Å². The van der Waals surface area contributed by atoms with Crippen molar-refractivity contribution in [3.63, 3.8) is 0 Å². The number of carbonyl (C=O) groups excluding carboxylic acids is 7. The van der Waals surface area contributed by atoms with Crippen molar-refractivity contribution in [1.82, 2.24) is 25.3 Å². The zero-order valence-electron chi connectivity index (χ0n) is 35.0. The molecule has 3 atom stereocenters. The number of thioether (sulfide) groups is 1. The van der Waals surface area contributed by atoms with Gasteiger partial charge in [-0.2, -0.15) is 8.42 Å². The molecule has 21 heteroatoms.